The number of hydrogen-bond acceptors (Lipinski definition) is 2. The van der Waals surface area contributed by atoms with Crippen LogP contribution in [0.3, 0.4) is 0 Å². The summed E-state index contributed by atoms with van der Waals surface area (Å²) in [5, 5.41) is 0. The number of nitrogens with zero attached hydrogens (tertiary/aromatic N) is 1. The van der Waals surface area contributed by atoms with Crippen LogP contribution in [0.4, 0.5) is 19.0 Å². The fourth-order valence-electron chi connectivity index (χ4n) is 2.09. The normalized spacial score (nSPS) is 11.7. The summed E-state index contributed by atoms with van der Waals surface area (Å²) in [6.45, 7) is 5.72. The van der Waals surface area contributed by atoms with Gasteiger partial charge in [0.15, 0.2) is 0 Å². The highest BCUT2D eigenvalue weighted by Crippen LogP contribution is 2.34. The van der Waals surface area contributed by atoms with Crippen LogP contribution in [0.2, 0.25) is 0 Å². The lowest BCUT2D eigenvalue weighted by Gasteiger charge is -2.13. The van der Waals surface area contributed by atoms with Crippen LogP contribution in [0.1, 0.15) is 22.3 Å². The molecule has 0 aliphatic rings. The Hall–Kier alpha value is -2.04. The third-order valence-electron chi connectivity index (χ3n) is 3.29. The molecule has 2 aromatic rings. The first-order chi connectivity index (χ1) is 9.18. The van der Waals surface area contributed by atoms with E-state index < -0.39 is 11.7 Å². The molecule has 0 aliphatic carbocycles. The highest BCUT2D eigenvalue weighted by Gasteiger charge is 2.31. The van der Waals surface area contributed by atoms with E-state index in [0.717, 1.165) is 28.8 Å². The van der Waals surface area contributed by atoms with E-state index in [1.54, 1.807) is 0 Å². The van der Waals surface area contributed by atoms with E-state index in [-0.39, 0.29) is 11.5 Å². The third kappa shape index (κ3) is 2.76. The Morgan fingerprint density at radius 3 is 2.10 bits per heavy atom. The van der Waals surface area contributed by atoms with Gasteiger partial charge in [-0.25, -0.2) is 4.98 Å². The Kier molecular flexibility index (Phi) is 3.46. The second kappa shape index (κ2) is 4.81. The molecule has 0 saturated heterocycles. The molecule has 0 aliphatic heterocycles. The van der Waals surface area contributed by atoms with Gasteiger partial charge in [0.1, 0.15) is 5.82 Å². The summed E-state index contributed by atoms with van der Waals surface area (Å²) in [7, 11) is 0. The van der Waals surface area contributed by atoms with Gasteiger partial charge >= 0.3 is 6.18 Å². The first kappa shape index (κ1) is 14.4. The zero-order valence-corrected chi connectivity index (χ0v) is 11.5. The number of pyridine rings is 1. The highest BCUT2D eigenvalue weighted by molar-refractivity contribution is 5.67. The third-order valence-corrected chi connectivity index (χ3v) is 3.29. The molecule has 0 spiro atoms. The van der Waals surface area contributed by atoms with E-state index in [0.29, 0.717) is 5.56 Å². The van der Waals surface area contributed by atoms with Gasteiger partial charge in [-0.1, -0.05) is 6.07 Å². The summed E-state index contributed by atoms with van der Waals surface area (Å²) in [4.78, 5) is 4.03. The fraction of sp³-hybridized carbons (Fsp3) is 0.267. The van der Waals surface area contributed by atoms with Crippen molar-refractivity contribution < 1.29 is 13.2 Å². The van der Waals surface area contributed by atoms with Gasteiger partial charge < -0.3 is 5.73 Å². The maximum Gasteiger partial charge on any atom is 0.416 e. The Morgan fingerprint density at radius 1 is 0.900 bits per heavy atom. The molecule has 0 atom stereocenters. The minimum atomic E-state index is -4.43. The molecule has 0 radical (unpaired) electrons. The van der Waals surface area contributed by atoms with Crippen molar-refractivity contribution in [2.75, 3.05) is 5.73 Å². The van der Waals surface area contributed by atoms with Crippen molar-refractivity contribution in [3.05, 3.63) is 46.5 Å². The number of hydrogen-bond donors (Lipinski definition) is 1. The number of nitrogen functional groups attached to an aromatic ring is 1. The zero-order valence-electron chi connectivity index (χ0n) is 11.5. The molecule has 5 heteroatoms. The minimum absolute atomic E-state index is 0.132. The molecule has 0 unspecified atom stereocenters. The van der Waals surface area contributed by atoms with Crippen LogP contribution in [0.5, 0.6) is 0 Å². The molecule has 1 aromatic heterocycles. The highest BCUT2D eigenvalue weighted by atomic mass is 19.4. The van der Waals surface area contributed by atoms with Crippen molar-refractivity contribution in [2.45, 2.75) is 26.9 Å². The number of aromatic nitrogens is 1. The number of rotatable bonds is 1. The van der Waals surface area contributed by atoms with Crippen molar-refractivity contribution in [1.29, 1.82) is 0 Å². The van der Waals surface area contributed by atoms with Crippen molar-refractivity contribution in [1.82, 2.24) is 4.98 Å². The standard InChI is InChI=1S/C15H15F3N2/c1-8-4-10(3)12(5-9(8)2)13-6-11(15(16,17)18)7-14(19)20-13/h4-7H,1-3H3,(H2,19,20). The van der Waals surface area contributed by atoms with Crippen LogP contribution in [0.25, 0.3) is 11.3 Å². The van der Waals surface area contributed by atoms with E-state index in [4.69, 9.17) is 5.73 Å². The molecule has 2 nitrogen and oxygen atoms in total. The second-order valence-electron chi connectivity index (χ2n) is 4.92. The molecular weight excluding hydrogens is 265 g/mol. The lowest BCUT2D eigenvalue weighted by atomic mass is 9.97. The summed E-state index contributed by atoms with van der Waals surface area (Å²) in [5.41, 5.74) is 8.61. The maximum absolute atomic E-state index is 12.8. The SMILES string of the molecule is Cc1cc(C)c(-c2cc(C(F)(F)F)cc(N)n2)cc1C. The summed E-state index contributed by atoms with van der Waals surface area (Å²) in [5.74, 6) is -0.132. The van der Waals surface area contributed by atoms with Crippen LogP contribution in [-0.4, -0.2) is 4.98 Å². The molecule has 0 fully saturated rings. The number of anilines is 1. The first-order valence-corrected chi connectivity index (χ1v) is 6.11. The van der Waals surface area contributed by atoms with Gasteiger partial charge in [-0.3, -0.25) is 0 Å². The molecule has 0 bridgehead atoms. The molecule has 0 amide bonds. The zero-order chi connectivity index (χ0) is 15.1. The number of aryl methyl sites for hydroxylation is 3. The van der Waals surface area contributed by atoms with Gasteiger partial charge in [0.05, 0.1) is 11.3 Å². The van der Waals surface area contributed by atoms with E-state index in [9.17, 15) is 13.2 Å². The average Bonchev–Trinajstić information content (AvgIpc) is 2.32. The summed E-state index contributed by atoms with van der Waals surface area (Å²) in [6.07, 6.45) is -4.43. The molecule has 1 heterocycles. The van der Waals surface area contributed by atoms with E-state index in [1.165, 1.54) is 0 Å². The smallest absolute Gasteiger partial charge is 0.384 e. The Balaban J connectivity index is 2.64. The van der Waals surface area contributed by atoms with Crippen molar-refractivity contribution >= 4 is 5.82 Å². The van der Waals surface area contributed by atoms with Gasteiger partial charge in [-0.05, 0) is 55.7 Å². The quantitative estimate of drug-likeness (QED) is 0.847. The lowest BCUT2D eigenvalue weighted by Crippen LogP contribution is -2.07. The van der Waals surface area contributed by atoms with Gasteiger partial charge in [0.2, 0.25) is 0 Å². The topological polar surface area (TPSA) is 38.9 Å². The Morgan fingerprint density at radius 2 is 1.50 bits per heavy atom. The van der Waals surface area contributed by atoms with Crippen LogP contribution < -0.4 is 5.73 Å². The predicted molar refractivity (Wildman–Crippen MR) is 73.3 cm³/mol. The maximum atomic E-state index is 12.8. The summed E-state index contributed by atoms with van der Waals surface area (Å²) in [6, 6.07) is 5.66. The Bertz CT molecular complexity index is 661. The first-order valence-electron chi connectivity index (χ1n) is 6.11. The van der Waals surface area contributed by atoms with Crippen LogP contribution in [0.15, 0.2) is 24.3 Å². The van der Waals surface area contributed by atoms with Gasteiger partial charge in [-0.15, -0.1) is 0 Å². The van der Waals surface area contributed by atoms with Crippen molar-refractivity contribution in [3.8, 4) is 11.3 Å². The van der Waals surface area contributed by atoms with Gasteiger partial charge in [0.25, 0.3) is 0 Å². The van der Waals surface area contributed by atoms with Crippen LogP contribution >= 0.6 is 0 Å². The van der Waals surface area contributed by atoms with Crippen LogP contribution in [0, 0.1) is 20.8 Å². The second-order valence-corrected chi connectivity index (χ2v) is 4.92. The molecule has 2 N–H and O–H groups in total. The number of nitrogens with two attached hydrogens (primary N) is 1. The molecule has 1 aromatic carbocycles. The Labute approximate surface area is 115 Å². The van der Waals surface area contributed by atoms with E-state index in [2.05, 4.69) is 4.98 Å². The summed E-state index contributed by atoms with van der Waals surface area (Å²) < 4.78 is 38.5. The van der Waals surface area contributed by atoms with E-state index >= 15 is 0 Å². The van der Waals surface area contributed by atoms with Crippen LogP contribution in [-0.2, 0) is 6.18 Å². The fourth-order valence-corrected chi connectivity index (χ4v) is 2.09. The van der Waals surface area contributed by atoms with Gasteiger partial charge in [0, 0.05) is 5.56 Å². The lowest BCUT2D eigenvalue weighted by molar-refractivity contribution is -0.137. The monoisotopic (exact) mass is 280 g/mol. The average molecular weight is 280 g/mol. The minimum Gasteiger partial charge on any atom is -0.384 e. The van der Waals surface area contributed by atoms with Gasteiger partial charge in [-0.2, -0.15) is 13.2 Å². The number of benzene rings is 1. The number of halogens is 3. The largest absolute Gasteiger partial charge is 0.416 e. The summed E-state index contributed by atoms with van der Waals surface area (Å²) >= 11 is 0. The molecule has 106 valence electrons. The molecular formula is C15H15F3N2. The van der Waals surface area contributed by atoms with Crippen molar-refractivity contribution in [3.63, 3.8) is 0 Å². The molecule has 2 rings (SSSR count). The van der Waals surface area contributed by atoms with E-state index in [1.807, 2.05) is 32.9 Å². The number of alkyl halides is 3. The molecule has 20 heavy (non-hydrogen) atoms. The predicted octanol–water partition coefficient (Wildman–Crippen LogP) is 4.27. The van der Waals surface area contributed by atoms with Crippen molar-refractivity contribution in [2.24, 2.45) is 0 Å². The molecule has 0 saturated carbocycles.